The van der Waals surface area contributed by atoms with Gasteiger partial charge >= 0.3 is 0 Å². The number of nitrogens with zero attached hydrogens (tertiary/aromatic N) is 2. The maximum Gasteiger partial charge on any atom is 0.191 e. The molecule has 1 aromatic carbocycles. The van der Waals surface area contributed by atoms with Crippen LogP contribution in [0.1, 0.15) is 18.9 Å². The number of hydrogen-bond acceptors (Lipinski definition) is 5. The predicted molar refractivity (Wildman–Crippen MR) is 92.1 cm³/mol. The summed E-state index contributed by atoms with van der Waals surface area (Å²) in [4.78, 5) is 8.93. The summed E-state index contributed by atoms with van der Waals surface area (Å²) in [5.41, 5.74) is 2.07. The normalized spacial score (nSPS) is 10.5. The molecule has 0 atom stereocenters. The van der Waals surface area contributed by atoms with Gasteiger partial charge in [0.05, 0.1) is 0 Å². The lowest BCUT2D eigenvalue weighted by Crippen LogP contribution is -2.05. The van der Waals surface area contributed by atoms with Crippen LogP contribution in [0.2, 0.25) is 5.02 Å². The molecule has 0 saturated carbocycles. The minimum atomic E-state index is 0.701. The third-order valence-electron chi connectivity index (χ3n) is 2.91. The molecule has 112 valence electrons. The average Bonchev–Trinajstić information content (AvgIpc) is 2.48. The Morgan fingerprint density at radius 3 is 2.67 bits per heavy atom. The van der Waals surface area contributed by atoms with Crippen molar-refractivity contribution < 1.29 is 0 Å². The third kappa shape index (κ3) is 4.51. The number of benzene rings is 1. The Balaban J connectivity index is 2.27. The molecule has 21 heavy (non-hydrogen) atoms. The first-order chi connectivity index (χ1) is 10.1. The molecule has 0 spiro atoms. The molecule has 4 nitrogen and oxygen atoms in total. The molecule has 2 aromatic rings. The quantitative estimate of drug-likeness (QED) is 0.595. The maximum atomic E-state index is 6.05. The summed E-state index contributed by atoms with van der Waals surface area (Å²) in [6.07, 6.45) is 3.02. The van der Waals surface area contributed by atoms with Crippen molar-refractivity contribution in [2.45, 2.75) is 25.4 Å². The van der Waals surface area contributed by atoms with E-state index in [0.29, 0.717) is 5.02 Å². The fraction of sp³-hybridized carbons (Fsp3) is 0.333. The van der Waals surface area contributed by atoms with Gasteiger partial charge in [0.2, 0.25) is 0 Å². The van der Waals surface area contributed by atoms with Crippen LogP contribution in [0.15, 0.2) is 29.4 Å². The van der Waals surface area contributed by atoms with Crippen LogP contribution in [-0.4, -0.2) is 22.8 Å². The van der Waals surface area contributed by atoms with Gasteiger partial charge in [0.25, 0.3) is 0 Å². The maximum absolute atomic E-state index is 6.05. The molecule has 1 heterocycles. The molecule has 0 amide bonds. The number of aromatic nitrogens is 2. The fourth-order valence-electron chi connectivity index (χ4n) is 1.79. The zero-order valence-electron chi connectivity index (χ0n) is 12.4. The van der Waals surface area contributed by atoms with E-state index < -0.39 is 0 Å². The van der Waals surface area contributed by atoms with Gasteiger partial charge in [0.1, 0.15) is 11.6 Å². The predicted octanol–water partition coefficient (Wildman–Crippen LogP) is 4.73. The molecule has 0 fully saturated rings. The highest BCUT2D eigenvalue weighted by molar-refractivity contribution is 7.98. The van der Waals surface area contributed by atoms with E-state index in [-0.39, 0.29) is 0 Å². The molecule has 2 N–H and O–H groups in total. The molecule has 2 rings (SSSR count). The molecular weight excluding hydrogens is 304 g/mol. The van der Waals surface area contributed by atoms with Gasteiger partial charge in [-0.05, 0) is 37.3 Å². The van der Waals surface area contributed by atoms with Gasteiger partial charge in [-0.15, -0.1) is 0 Å². The number of nitrogens with one attached hydrogen (secondary N) is 2. The van der Waals surface area contributed by atoms with Crippen molar-refractivity contribution >= 4 is 40.7 Å². The number of rotatable bonds is 6. The minimum Gasteiger partial charge on any atom is -0.370 e. The summed E-state index contributed by atoms with van der Waals surface area (Å²) in [5.74, 6) is 1.59. The van der Waals surface area contributed by atoms with Crippen LogP contribution in [0.5, 0.6) is 0 Å². The Kier molecular flexibility index (Phi) is 5.70. The summed E-state index contributed by atoms with van der Waals surface area (Å²) in [7, 11) is 0. The molecule has 0 radical (unpaired) electrons. The van der Waals surface area contributed by atoms with E-state index in [1.54, 1.807) is 0 Å². The smallest absolute Gasteiger partial charge is 0.191 e. The number of aryl methyl sites for hydroxylation is 1. The van der Waals surface area contributed by atoms with Crippen LogP contribution in [0.3, 0.4) is 0 Å². The van der Waals surface area contributed by atoms with Crippen LogP contribution in [-0.2, 0) is 0 Å². The van der Waals surface area contributed by atoms with Crippen molar-refractivity contribution in [3.63, 3.8) is 0 Å². The Hall–Kier alpha value is -1.46. The topological polar surface area (TPSA) is 49.8 Å². The summed E-state index contributed by atoms with van der Waals surface area (Å²) < 4.78 is 0. The number of anilines is 3. The first-order valence-electron chi connectivity index (χ1n) is 6.82. The molecule has 0 bridgehead atoms. The SMILES string of the molecule is CCCNc1cc(Nc2cc(Cl)ccc2C)nc(SC)n1. The lowest BCUT2D eigenvalue weighted by molar-refractivity contribution is 0.929. The highest BCUT2D eigenvalue weighted by Crippen LogP contribution is 2.25. The lowest BCUT2D eigenvalue weighted by atomic mass is 10.2. The van der Waals surface area contributed by atoms with Crippen LogP contribution in [0.4, 0.5) is 17.3 Å². The van der Waals surface area contributed by atoms with Crippen LogP contribution >= 0.6 is 23.4 Å². The number of halogens is 1. The summed E-state index contributed by atoms with van der Waals surface area (Å²) in [5, 5.41) is 8.04. The van der Waals surface area contributed by atoms with Gasteiger partial charge in [0, 0.05) is 23.3 Å². The lowest BCUT2D eigenvalue weighted by Gasteiger charge is -2.12. The minimum absolute atomic E-state index is 0.701. The Labute approximate surface area is 134 Å². The van der Waals surface area contributed by atoms with Crippen molar-refractivity contribution in [3.8, 4) is 0 Å². The highest BCUT2D eigenvalue weighted by atomic mass is 35.5. The first kappa shape index (κ1) is 15.9. The molecular formula is C15H19ClN4S. The number of thioether (sulfide) groups is 1. The largest absolute Gasteiger partial charge is 0.370 e. The van der Waals surface area contributed by atoms with Crippen molar-refractivity contribution in [3.05, 3.63) is 34.9 Å². The standard InChI is InChI=1S/C15H19ClN4S/c1-4-7-17-13-9-14(20-15(19-13)21-3)18-12-8-11(16)6-5-10(12)2/h5-6,8-9H,4,7H2,1-3H3,(H2,17,18,19,20). The Bertz CT molecular complexity index is 619. The average molecular weight is 323 g/mol. The van der Waals surface area contributed by atoms with Gasteiger partial charge in [0.15, 0.2) is 5.16 Å². The highest BCUT2D eigenvalue weighted by Gasteiger charge is 2.06. The van der Waals surface area contributed by atoms with Gasteiger partial charge in [-0.2, -0.15) is 0 Å². The second kappa shape index (κ2) is 7.52. The second-order valence-electron chi connectivity index (χ2n) is 4.64. The molecule has 0 aliphatic heterocycles. The van der Waals surface area contributed by atoms with E-state index >= 15 is 0 Å². The summed E-state index contributed by atoms with van der Waals surface area (Å²) in [6, 6.07) is 7.67. The first-order valence-corrected chi connectivity index (χ1v) is 8.42. The van der Waals surface area contributed by atoms with Gasteiger partial charge in [-0.25, -0.2) is 9.97 Å². The zero-order chi connectivity index (χ0) is 15.2. The van der Waals surface area contributed by atoms with Crippen LogP contribution in [0, 0.1) is 6.92 Å². The van der Waals surface area contributed by atoms with Crippen molar-refractivity contribution in [2.24, 2.45) is 0 Å². The number of hydrogen-bond donors (Lipinski definition) is 2. The Morgan fingerprint density at radius 2 is 1.95 bits per heavy atom. The molecule has 0 aliphatic carbocycles. The van der Waals surface area contributed by atoms with E-state index in [2.05, 4.69) is 27.5 Å². The van der Waals surface area contributed by atoms with Crippen LogP contribution in [0.25, 0.3) is 0 Å². The van der Waals surface area contributed by atoms with E-state index in [0.717, 1.165) is 41.0 Å². The zero-order valence-corrected chi connectivity index (χ0v) is 14.0. The summed E-state index contributed by atoms with van der Waals surface area (Å²) in [6.45, 7) is 5.05. The van der Waals surface area contributed by atoms with E-state index in [4.69, 9.17) is 11.6 Å². The molecule has 6 heteroatoms. The monoisotopic (exact) mass is 322 g/mol. The Morgan fingerprint density at radius 1 is 1.19 bits per heavy atom. The third-order valence-corrected chi connectivity index (χ3v) is 3.69. The van der Waals surface area contributed by atoms with Gasteiger partial charge < -0.3 is 10.6 Å². The van der Waals surface area contributed by atoms with Gasteiger partial charge in [-0.3, -0.25) is 0 Å². The van der Waals surface area contributed by atoms with Crippen LogP contribution < -0.4 is 10.6 Å². The summed E-state index contributed by atoms with van der Waals surface area (Å²) >= 11 is 7.57. The van der Waals surface area contributed by atoms with E-state index in [1.165, 1.54) is 11.8 Å². The molecule has 0 aliphatic rings. The fourth-order valence-corrected chi connectivity index (χ4v) is 2.34. The van der Waals surface area contributed by atoms with Gasteiger partial charge in [-0.1, -0.05) is 36.4 Å². The molecule has 0 saturated heterocycles. The van der Waals surface area contributed by atoms with Crippen molar-refractivity contribution in [2.75, 3.05) is 23.4 Å². The van der Waals surface area contributed by atoms with Crippen molar-refractivity contribution in [1.29, 1.82) is 0 Å². The van der Waals surface area contributed by atoms with E-state index in [1.807, 2.05) is 37.4 Å². The molecule has 0 unspecified atom stereocenters. The molecule has 1 aromatic heterocycles. The van der Waals surface area contributed by atoms with Crippen molar-refractivity contribution in [1.82, 2.24) is 9.97 Å². The van der Waals surface area contributed by atoms with E-state index in [9.17, 15) is 0 Å². The second-order valence-corrected chi connectivity index (χ2v) is 5.85.